The molecule has 7 heteroatoms. The second-order valence-corrected chi connectivity index (χ2v) is 9.80. The lowest BCUT2D eigenvalue weighted by Gasteiger charge is -2.31. The SMILES string of the molecule is CN(C(=O)CCCOc1ccc2c(c1)CN1C(=N2)NC(=O)[C@@H]1Cc1ccccc1)C1CCCCC1. The lowest BCUT2D eigenvalue weighted by atomic mass is 9.94. The fourth-order valence-electron chi connectivity index (χ4n) is 5.32. The van der Waals surface area contributed by atoms with Gasteiger partial charge in [0.05, 0.1) is 12.3 Å². The maximum Gasteiger partial charge on any atom is 0.249 e. The van der Waals surface area contributed by atoms with Gasteiger partial charge in [-0.05, 0) is 43.0 Å². The van der Waals surface area contributed by atoms with Crippen molar-refractivity contribution in [1.29, 1.82) is 0 Å². The normalized spacial score (nSPS) is 19.5. The Labute approximate surface area is 207 Å². The first-order chi connectivity index (χ1) is 17.1. The van der Waals surface area contributed by atoms with E-state index in [0.717, 1.165) is 35.4 Å². The van der Waals surface area contributed by atoms with Gasteiger partial charge in [0.1, 0.15) is 11.8 Å². The number of amides is 2. The number of aliphatic imine (C=N–C) groups is 1. The van der Waals surface area contributed by atoms with Crippen molar-refractivity contribution in [2.75, 3.05) is 13.7 Å². The summed E-state index contributed by atoms with van der Waals surface area (Å²) in [5.41, 5.74) is 3.02. The molecule has 1 atom stereocenters. The number of benzene rings is 2. The fraction of sp³-hybridized carbons (Fsp3) is 0.464. The van der Waals surface area contributed by atoms with Crippen molar-refractivity contribution in [3.63, 3.8) is 0 Å². The number of hydrogen-bond donors (Lipinski definition) is 1. The highest BCUT2D eigenvalue weighted by molar-refractivity contribution is 6.07. The van der Waals surface area contributed by atoms with Gasteiger partial charge in [-0.2, -0.15) is 0 Å². The van der Waals surface area contributed by atoms with E-state index in [4.69, 9.17) is 4.74 Å². The molecule has 2 aliphatic heterocycles. The van der Waals surface area contributed by atoms with E-state index in [9.17, 15) is 9.59 Å². The van der Waals surface area contributed by atoms with Crippen molar-refractivity contribution in [2.24, 2.45) is 4.99 Å². The Kier molecular flexibility index (Phi) is 7.02. The van der Waals surface area contributed by atoms with Crippen LogP contribution in [0.3, 0.4) is 0 Å². The third kappa shape index (κ3) is 5.34. The molecule has 0 bridgehead atoms. The molecule has 5 rings (SSSR count). The minimum Gasteiger partial charge on any atom is -0.494 e. The number of guanidine groups is 1. The van der Waals surface area contributed by atoms with E-state index in [1.807, 2.05) is 65.4 Å². The molecule has 1 aliphatic carbocycles. The van der Waals surface area contributed by atoms with Gasteiger partial charge < -0.3 is 14.5 Å². The molecule has 2 aromatic rings. The maximum atomic E-state index is 12.7. The van der Waals surface area contributed by atoms with Gasteiger partial charge >= 0.3 is 0 Å². The summed E-state index contributed by atoms with van der Waals surface area (Å²) in [5, 5.41) is 2.94. The van der Waals surface area contributed by atoms with Crippen molar-refractivity contribution in [3.8, 4) is 5.75 Å². The summed E-state index contributed by atoms with van der Waals surface area (Å²) < 4.78 is 5.98. The Hall–Kier alpha value is -3.35. The molecule has 2 aromatic carbocycles. The number of carbonyl (C=O) groups excluding carboxylic acids is 2. The molecule has 1 saturated heterocycles. The van der Waals surface area contributed by atoms with Crippen LogP contribution in [0.4, 0.5) is 5.69 Å². The van der Waals surface area contributed by atoms with Crippen LogP contribution in [0.25, 0.3) is 0 Å². The summed E-state index contributed by atoms with van der Waals surface area (Å²) in [6, 6.07) is 16.0. The molecule has 1 N–H and O–H groups in total. The van der Waals surface area contributed by atoms with E-state index < -0.39 is 0 Å². The zero-order valence-electron chi connectivity index (χ0n) is 20.4. The maximum absolute atomic E-state index is 12.7. The number of fused-ring (bicyclic) bond motifs is 2. The van der Waals surface area contributed by atoms with Crippen LogP contribution in [-0.4, -0.2) is 53.3 Å². The zero-order chi connectivity index (χ0) is 24.2. The Morgan fingerprint density at radius 2 is 1.94 bits per heavy atom. The van der Waals surface area contributed by atoms with E-state index in [2.05, 4.69) is 10.3 Å². The summed E-state index contributed by atoms with van der Waals surface area (Å²) in [5.74, 6) is 1.59. The summed E-state index contributed by atoms with van der Waals surface area (Å²) in [6.07, 6.45) is 7.84. The molecule has 3 aliphatic rings. The van der Waals surface area contributed by atoms with Gasteiger partial charge in [-0.25, -0.2) is 4.99 Å². The van der Waals surface area contributed by atoms with Gasteiger partial charge in [-0.3, -0.25) is 14.9 Å². The first kappa shape index (κ1) is 23.4. The summed E-state index contributed by atoms with van der Waals surface area (Å²) in [4.78, 5) is 33.9. The highest BCUT2D eigenvalue weighted by Gasteiger charge is 2.39. The molecule has 2 amide bonds. The van der Waals surface area contributed by atoms with Crippen LogP contribution >= 0.6 is 0 Å². The van der Waals surface area contributed by atoms with Crippen molar-refractivity contribution in [3.05, 3.63) is 59.7 Å². The van der Waals surface area contributed by atoms with E-state index in [-0.39, 0.29) is 17.9 Å². The number of hydrogen-bond acceptors (Lipinski definition) is 5. The molecule has 184 valence electrons. The Bertz CT molecular complexity index is 1090. The standard InChI is InChI=1S/C28H34N4O3/c1-31(22-11-6-3-7-12-22)26(33)13-8-16-35-23-14-15-24-21(18-23)19-32-25(27(34)30-28(32)29-24)17-20-9-4-2-5-10-20/h2,4-5,9-10,14-15,18,22,25H,3,6-8,11-13,16-17,19H2,1H3,(H,29,30,34)/t25-/m0/s1. The average molecular weight is 475 g/mol. The molecule has 0 spiro atoms. The molecular formula is C28H34N4O3. The van der Waals surface area contributed by atoms with Gasteiger partial charge in [0.25, 0.3) is 0 Å². The lowest BCUT2D eigenvalue weighted by Crippen LogP contribution is -2.38. The highest BCUT2D eigenvalue weighted by atomic mass is 16.5. The summed E-state index contributed by atoms with van der Waals surface area (Å²) in [6.45, 7) is 1.10. The van der Waals surface area contributed by atoms with Crippen LogP contribution in [0.5, 0.6) is 5.75 Å². The van der Waals surface area contributed by atoms with Crippen molar-refractivity contribution in [1.82, 2.24) is 15.1 Å². The highest BCUT2D eigenvalue weighted by Crippen LogP contribution is 2.32. The molecule has 0 aromatic heterocycles. The fourth-order valence-corrected chi connectivity index (χ4v) is 5.32. The van der Waals surface area contributed by atoms with Crippen LogP contribution in [-0.2, 0) is 22.6 Å². The molecule has 2 fully saturated rings. The van der Waals surface area contributed by atoms with Gasteiger partial charge in [0.15, 0.2) is 0 Å². The Balaban J connectivity index is 1.15. The zero-order valence-corrected chi connectivity index (χ0v) is 20.4. The van der Waals surface area contributed by atoms with Crippen molar-refractivity contribution < 1.29 is 14.3 Å². The Morgan fingerprint density at radius 1 is 1.14 bits per heavy atom. The van der Waals surface area contributed by atoms with Crippen molar-refractivity contribution in [2.45, 2.75) is 70.0 Å². The van der Waals surface area contributed by atoms with E-state index >= 15 is 0 Å². The van der Waals surface area contributed by atoms with Crippen LogP contribution in [0.2, 0.25) is 0 Å². The minimum atomic E-state index is -0.277. The Morgan fingerprint density at radius 3 is 2.74 bits per heavy atom. The smallest absolute Gasteiger partial charge is 0.249 e. The summed E-state index contributed by atoms with van der Waals surface area (Å²) >= 11 is 0. The largest absolute Gasteiger partial charge is 0.494 e. The summed E-state index contributed by atoms with van der Waals surface area (Å²) in [7, 11) is 1.94. The number of rotatable bonds is 8. The van der Waals surface area contributed by atoms with Crippen LogP contribution in [0.15, 0.2) is 53.5 Å². The van der Waals surface area contributed by atoms with Gasteiger partial charge in [0, 0.05) is 38.0 Å². The van der Waals surface area contributed by atoms with E-state index in [1.54, 1.807) is 0 Å². The van der Waals surface area contributed by atoms with Gasteiger partial charge in [0.2, 0.25) is 17.8 Å². The molecule has 0 unspecified atom stereocenters. The number of carbonyl (C=O) groups is 2. The minimum absolute atomic E-state index is 0.0141. The number of ether oxygens (including phenoxy) is 1. The molecule has 35 heavy (non-hydrogen) atoms. The van der Waals surface area contributed by atoms with Gasteiger partial charge in [-0.1, -0.05) is 49.6 Å². The van der Waals surface area contributed by atoms with Crippen LogP contribution < -0.4 is 10.1 Å². The number of nitrogens with one attached hydrogen (secondary N) is 1. The predicted molar refractivity (Wildman–Crippen MR) is 136 cm³/mol. The molecule has 7 nitrogen and oxygen atoms in total. The van der Waals surface area contributed by atoms with Crippen LogP contribution in [0.1, 0.15) is 56.1 Å². The first-order valence-corrected chi connectivity index (χ1v) is 12.8. The van der Waals surface area contributed by atoms with E-state index in [0.29, 0.717) is 44.4 Å². The third-order valence-electron chi connectivity index (χ3n) is 7.40. The predicted octanol–water partition coefficient (Wildman–Crippen LogP) is 4.18. The molecule has 2 heterocycles. The molecule has 1 saturated carbocycles. The second-order valence-electron chi connectivity index (χ2n) is 9.80. The van der Waals surface area contributed by atoms with Crippen molar-refractivity contribution >= 4 is 23.5 Å². The average Bonchev–Trinajstić information content (AvgIpc) is 3.19. The topological polar surface area (TPSA) is 74.2 Å². The number of nitrogens with zero attached hydrogens (tertiary/aromatic N) is 3. The quantitative estimate of drug-likeness (QED) is 0.583. The third-order valence-corrected chi connectivity index (χ3v) is 7.40. The van der Waals surface area contributed by atoms with Crippen LogP contribution in [0, 0.1) is 0 Å². The van der Waals surface area contributed by atoms with E-state index in [1.165, 1.54) is 19.3 Å². The van der Waals surface area contributed by atoms with Gasteiger partial charge in [-0.15, -0.1) is 0 Å². The molecule has 0 radical (unpaired) electrons. The first-order valence-electron chi connectivity index (χ1n) is 12.8. The second kappa shape index (κ2) is 10.5. The lowest BCUT2D eigenvalue weighted by molar-refractivity contribution is -0.132. The monoisotopic (exact) mass is 474 g/mol. The molecular weight excluding hydrogens is 440 g/mol.